The number of carbonyl (C=O) groups excluding carboxylic acids is 1. The van der Waals surface area contributed by atoms with Crippen LogP contribution in [0.1, 0.15) is 27.0 Å². The van der Waals surface area contributed by atoms with Crippen LogP contribution in [0.5, 0.6) is 5.75 Å². The van der Waals surface area contributed by atoms with Crippen LogP contribution in [0.2, 0.25) is 5.02 Å². The molecule has 0 aliphatic rings. The number of ether oxygens (including phenoxy) is 1. The molecule has 0 aliphatic heterocycles. The highest BCUT2D eigenvalue weighted by Gasteiger charge is 2.21. The summed E-state index contributed by atoms with van der Waals surface area (Å²) in [5, 5.41) is 4.34. The van der Waals surface area contributed by atoms with Crippen molar-refractivity contribution < 1.29 is 9.53 Å². The number of methoxy groups -OCH3 is 1. The van der Waals surface area contributed by atoms with Crippen LogP contribution in [0.4, 0.5) is 5.69 Å². The molecule has 0 unspecified atom stereocenters. The largest absolute Gasteiger partial charge is 0.495 e. The summed E-state index contributed by atoms with van der Waals surface area (Å²) in [6.07, 6.45) is 0. The number of aryl methyl sites for hydroxylation is 2. The van der Waals surface area contributed by atoms with E-state index in [1.807, 2.05) is 57.2 Å². The first-order chi connectivity index (χ1) is 14.9. The first-order valence-electron chi connectivity index (χ1n) is 10.0. The van der Waals surface area contributed by atoms with Gasteiger partial charge in [0, 0.05) is 16.0 Å². The molecule has 0 spiro atoms. The number of hydrogen-bond acceptors (Lipinski definition) is 3. The summed E-state index contributed by atoms with van der Waals surface area (Å²) < 4.78 is 5.40. The van der Waals surface area contributed by atoms with Crippen molar-refractivity contribution in [1.82, 2.24) is 4.98 Å². The summed E-state index contributed by atoms with van der Waals surface area (Å²) in [5.74, 6) is 0.317. The molecule has 1 N–H and O–H groups in total. The molecule has 0 aliphatic carbocycles. The van der Waals surface area contributed by atoms with Gasteiger partial charge in [-0.1, -0.05) is 53.6 Å². The molecule has 0 saturated heterocycles. The van der Waals surface area contributed by atoms with E-state index in [1.165, 1.54) is 0 Å². The molecule has 0 radical (unpaired) electrons. The molecular weight excluding hydrogens is 408 g/mol. The smallest absolute Gasteiger partial charge is 0.256 e. The minimum atomic E-state index is -0.229. The van der Waals surface area contributed by atoms with Gasteiger partial charge in [0.15, 0.2) is 0 Å². The van der Waals surface area contributed by atoms with Crippen LogP contribution in [0.15, 0.2) is 60.7 Å². The fraction of sp³-hybridized carbons (Fsp3) is 0.154. The third-order valence-electron chi connectivity index (χ3n) is 5.35. The number of pyridine rings is 1. The van der Waals surface area contributed by atoms with Crippen molar-refractivity contribution in [2.75, 3.05) is 12.4 Å². The van der Waals surface area contributed by atoms with E-state index in [0.717, 1.165) is 38.9 Å². The van der Waals surface area contributed by atoms with E-state index in [4.69, 9.17) is 21.3 Å². The standard InChI is InChI=1S/C26H23ClN2O2/c1-15-12-16(2)24-20(13-15)23(17(3)25(29-24)18-8-6-5-7-9-18)26(30)28-21-14-19(27)10-11-22(21)31-4/h5-14H,1-4H3,(H,28,30). The van der Waals surface area contributed by atoms with E-state index in [-0.39, 0.29) is 5.91 Å². The first-order valence-corrected chi connectivity index (χ1v) is 10.4. The molecule has 3 aromatic carbocycles. The summed E-state index contributed by atoms with van der Waals surface area (Å²) in [6, 6.07) is 19.2. The molecule has 0 saturated carbocycles. The highest BCUT2D eigenvalue weighted by atomic mass is 35.5. The Morgan fingerprint density at radius 2 is 1.74 bits per heavy atom. The average Bonchev–Trinajstić information content (AvgIpc) is 2.74. The van der Waals surface area contributed by atoms with Gasteiger partial charge in [0.2, 0.25) is 0 Å². The van der Waals surface area contributed by atoms with Gasteiger partial charge in [-0.3, -0.25) is 4.79 Å². The van der Waals surface area contributed by atoms with Crippen molar-refractivity contribution in [3.63, 3.8) is 0 Å². The number of nitrogens with zero attached hydrogens (tertiary/aromatic N) is 1. The highest BCUT2D eigenvalue weighted by molar-refractivity contribution is 6.31. The Balaban J connectivity index is 1.95. The lowest BCUT2D eigenvalue weighted by Crippen LogP contribution is -2.16. The topological polar surface area (TPSA) is 51.2 Å². The number of benzene rings is 3. The quantitative estimate of drug-likeness (QED) is 0.390. The molecule has 4 rings (SSSR count). The number of carbonyl (C=O) groups is 1. The first kappa shape index (κ1) is 20.9. The molecule has 1 heterocycles. The maximum absolute atomic E-state index is 13.6. The second-order valence-corrected chi connectivity index (χ2v) is 8.04. The Morgan fingerprint density at radius 1 is 1.00 bits per heavy atom. The zero-order valence-electron chi connectivity index (χ0n) is 17.9. The lowest BCUT2D eigenvalue weighted by molar-refractivity contribution is 0.102. The molecule has 5 heteroatoms. The lowest BCUT2D eigenvalue weighted by Gasteiger charge is -2.17. The maximum atomic E-state index is 13.6. The van der Waals surface area contributed by atoms with Crippen molar-refractivity contribution in [1.29, 1.82) is 0 Å². The number of halogens is 1. The summed E-state index contributed by atoms with van der Waals surface area (Å²) in [4.78, 5) is 18.6. The number of hydrogen-bond donors (Lipinski definition) is 1. The molecule has 0 bridgehead atoms. The third-order valence-corrected chi connectivity index (χ3v) is 5.59. The van der Waals surface area contributed by atoms with Crippen molar-refractivity contribution in [3.8, 4) is 17.0 Å². The normalized spacial score (nSPS) is 10.9. The van der Waals surface area contributed by atoms with Crippen molar-refractivity contribution in [3.05, 3.63) is 87.9 Å². The van der Waals surface area contributed by atoms with Gasteiger partial charge in [0.1, 0.15) is 5.75 Å². The molecule has 1 aromatic heterocycles. The minimum absolute atomic E-state index is 0.229. The minimum Gasteiger partial charge on any atom is -0.495 e. The van der Waals surface area contributed by atoms with E-state index >= 15 is 0 Å². The molecule has 0 fully saturated rings. The van der Waals surface area contributed by atoms with E-state index in [0.29, 0.717) is 22.0 Å². The summed E-state index contributed by atoms with van der Waals surface area (Å²) in [6.45, 7) is 5.99. The Bertz CT molecular complexity index is 1300. The predicted octanol–water partition coefficient (Wildman–Crippen LogP) is 6.74. The maximum Gasteiger partial charge on any atom is 0.256 e. The van der Waals surface area contributed by atoms with E-state index in [2.05, 4.69) is 11.4 Å². The number of anilines is 1. The van der Waals surface area contributed by atoms with Crippen LogP contribution >= 0.6 is 11.6 Å². The average molecular weight is 431 g/mol. The second kappa shape index (κ2) is 8.40. The van der Waals surface area contributed by atoms with Gasteiger partial charge < -0.3 is 10.1 Å². The van der Waals surface area contributed by atoms with E-state index in [9.17, 15) is 4.79 Å². The second-order valence-electron chi connectivity index (χ2n) is 7.60. The van der Waals surface area contributed by atoms with Crippen LogP contribution in [-0.4, -0.2) is 18.0 Å². The van der Waals surface area contributed by atoms with Crippen LogP contribution < -0.4 is 10.1 Å². The van der Waals surface area contributed by atoms with Crippen LogP contribution in [0, 0.1) is 20.8 Å². The van der Waals surface area contributed by atoms with E-state index < -0.39 is 0 Å². The molecular formula is C26H23ClN2O2. The lowest BCUT2D eigenvalue weighted by atomic mass is 9.94. The van der Waals surface area contributed by atoms with Crippen LogP contribution in [0.25, 0.3) is 22.2 Å². The number of nitrogens with one attached hydrogen (secondary N) is 1. The third kappa shape index (κ3) is 3.99. The highest BCUT2D eigenvalue weighted by Crippen LogP contribution is 2.34. The Morgan fingerprint density at radius 3 is 2.45 bits per heavy atom. The van der Waals surface area contributed by atoms with Gasteiger partial charge in [-0.15, -0.1) is 0 Å². The molecule has 31 heavy (non-hydrogen) atoms. The summed E-state index contributed by atoms with van der Waals surface area (Å²) >= 11 is 6.16. The molecule has 4 aromatic rings. The van der Waals surface area contributed by atoms with Gasteiger partial charge in [-0.2, -0.15) is 0 Å². The zero-order valence-corrected chi connectivity index (χ0v) is 18.7. The van der Waals surface area contributed by atoms with Crippen LogP contribution in [0.3, 0.4) is 0 Å². The Labute approximate surface area is 186 Å². The van der Waals surface area contributed by atoms with Gasteiger partial charge in [-0.05, 0) is 56.2 Å². The van der Waals surface area contributed by atoms with E-state index in [1.54, 1.807) is 25.3 Å². The SMILES string of the molecule is COc1ccc(Cl)cc1NC(=O)c1c(C)c(-c2ccccc2)nc2c(C)cc(C)cc12. The van der Waals surface area contributed by atoms with Crippen molar-refractivity contribution in [2.45, 2.75) is 20.8 Å². The number of fused-ring (bicyclic) bond motifs is 1. The molecule has 1 amide bonds. The van der Waals surface area contributed by atoms with Gasteiger partial charge in [-0.25, -0.2) is 4.98 Å². The molecule has 4 nitrogen and oxygen atoms in total. The fourth-order valence-electron chi connectivity index (χ4n) is 3.95. The summed E-state index contributed by atoms with van der Waals surface area (Å²) in [7, 11) is 1.56. The zero-order chi connectivity index (χ0) is 22.1. The number of aromatic nitrogens is 1. The predicted molar refractivity (Wildman–Crippen MR) is 127 cm³/mol. The Kier molecular flexibility index (Phi) is 5.66. The Hall–Kier alpha value is -3.37. The monoisotopic (exact) mass is 430 g/mol. The van der Waals surface area contributed by atoms with Crippen LogP contribution in [-0.2, 0) is 0 Å². The van der Waals surface area contributed by atoms with Gasteiger partial charge in [0.05, 0.1) is 29.6 Å². The van der Waals surface area contributed by atoms with Crippen molar-refractivity contribution >= 4 is 34.1 Å². The number of rotatable bonds is 4. The fourth-order valence-corrected chi connectivity index (χ4v) is 4.12. The molecule has 0 atom stereocenters. The summed E-state index contributed by atoms with van der Waals surface area (Å²) in [5.41, 5.74) is 6.63. The molecule has 156 valence electrons. The van der Waals surface area contributed by atoms with Crippen molar-refractivity contribution in [2.24, 2.45) is 0 Å². The van der Waals surface area contributed by atoms with Gasteiger partial charge >= 0.3 is 0 Å². The number of amides is 1. The van der Waals surface area contributed by atoms with Gasteiger partial charge in [0.25, 0.3) is 5.91 Å².